The third kappa shape index (κ3) is 7.93. The minimum absolute atomic E-state index is 0.0488. The number of hydrogen-bond donors (Lipinski definition) is 6. The van der Waals surface area contributed by atoms with Crippen molar-refractivity contribution in [3.8, 4) is 34.1 Å². The monoisotopic (exact) mass is 746 g/mol. The number of carbonyl (C=O) groups excluding carboxylic acids is 2. The van der Waals surface area contributed by atoms with Gasteiger partial charge >= 0.3 is 11.9 Å². The number of carboxylic acids is 1. The summed E-state index contributed by atoms with van der Waals surface area (Å²) >= 11 is 1.27. The highest BCUT2D eigenvalue weighted by molar-refractivity contribution is 7.99. The third-order valence-corrected chi connectivity index (χ3v) is 9.36. The summed E-state index contributed by atoms with van der Waals surface area (Å²) in [5.74, 6) is -0.515. The van der Waals surface area contributed by atoms with Crippen molar-refractivity contribution in [1.29, 1.82) is 0 Å². The number of benzene rings is 4. The lowest BCUT2D eigenvalue weighted by Gasteiger charge is -2.17. The summed E-state index contributed by atoms with van der Waals surface area (Å²) in [5, 5.41) is 26.4. The maximum Gasteiger partial charge on any atom is 0.392 e. The first-order valence-corrected chi connectivity index (χ1v) is 17.7. The van der Waals surface area contributed by atoms with Crippen LogP contribution in [0, 0.1) is 0 Å². The van der Waals surface area contributed by atoms with E-state index in [0.717, 1.165) is 11.1 Å². The first-order valence-electron chi connectivity index (χ1n) is 16.6. The zero-order valence-electron chi connectivity index (χ0n) is 28.3. The molecule has 0 spiro atoms. The van der Waals surface area contributed by atoms with Crippen molar-refractivity contribution in [2.24, 2.45) is 0 Å². The van der Waals surface area contributed by atoms with Gasteiger partial charge in [-0.1, -0.05) is 30.3 Å². The Hall–Kier alpha value is -6.94. The number of phenols is 1. The molecule has 2 aliphatic rings. The highest BCUT2D eigenvalue weighted by atomic mass is 32.2. The van der Waals surface area contributed by atoms with Crippen LogP contribution in [0.3, 0.4) is 0 Å². The minimum atomic E-state index is -1.23. The second kappa shape index (κ2) is 15.3. The van der Waals surface area contributed by atoms with E-state index >= 15 is 0 Å². The van der Waals surface area contributed by atoms with Crippen LogP contribution in [-0.4, -0.2) is 54.5 Å². The molecule has 2 aromatic heterocycles. The number of aromatic hydroxyl groups is 1. The van der Waals surface area contributed by atoms with Gasteiger partial charge in [-0.15, -0.1) is 0 Å². The van der Waals surface area contributed by atoms with Gasteiger partial charge < -0.3 is 35.0 Å². The van der Waals surface area contributed by atoms with Gasteiger partial charge in [-0.25, -0.2) is 14.8 Å². The molecule has 0 bridgehead atoms. The van der Waals surface area contributed by atoms with Crippen molar-refractivity contribution in [2.75, 3.05) is 22.6 Å². The van der Waals surface area contributed by atoms with Crippen LogP contribution < -0.4 is 31.5 Å². The molecule has 0 atom stereocenters. The highest BCUT2D eigenvalue weighted by Gasteiger charge is 2.23. The summed E-state index contributed by atoms with van der Waals surface area (Å²) in [6.45, 7) is 0.608. The quantitative estimate of drug-likeness (QED) is 0.0702. The number of ether oxygens (including phenoxy) is 1. The molecular weight excluding hydrogens is 715 g/mol. The van der Waals surface area contributed by atoms with Crippen LogP contribution in [0.15, 0.2) is 94.4 Å². The number of nitrogens with zero attached hydrogens (tertiary/aromatic N) is 2. The Kier molecular flexibility index (Phi) is 10.1. The number of aromatic nitrogens is 4. The Morgan fingerprint density at radius 3 is 2.57 bits per heavy atom. The molecule has 0 saturated heterocycles. The molecule has 0 radical (unpaired) electrons. The van der Waals surface area contributed by atoms with Gasteiger partial charge in [0.15, 0.2) is 10.9 Å². The van der Waals surface area contributed by atoms with E-state index in [-0.39, 0.29) is 70.3 Å². The van der Waals surface area contributed by atoms with Crippen molar-refractivity contribution in [3.63, 3.8) is 0 Å². The Labute approximate surface area is 310 Å². The van der Waals surface area contributed by atoms with Gasteiger partial charge in [0.1, 0.15) is 23.7 Å². The van der Waals surface area contributed by atoms with Gasteiger partial charge in [-0.2, -0.15) is 11.8 Å². The topological polar surface area (TPSA) is 237 Å². The van der Waals surface area contributed by atoms with Crippen LogP contribution in [0.5, 0.6) is 11.6 Å². The molecule has 3 aromatic carbocycles. The predicted molar refractivity (Wildman–Crippen MR) is 201 cm³/mol. The maximum absolute atomic E-state index is 12.8. The Balaban J connectivity index is 0.901. The third-order valence-electron chi connectivity index (χ3n) is 8.40. The van der Waals surface area contributed by atoms with Gasteiger partial charge in [-0.05, 0) is 58.1 Å². The maximum atomic E-state index is 12.8. The Morgan fingerprint density at radius 1 is 0.963 bits per heavy atom. The van der Waals surface area contributed by atoms with Crippen molar-refractivity contribution in [3.05, 3.63) is 112 Å². The number of amides is 2. The molecule has 1 aliphatic heterocycles. The zero-order valence-corrected chi connectivity index (χ0v) is 29.2. The van der Waals surface area contributed by atoms with Crippen molar-refractivity contribution in [1.82, 2.24) is 20.3 Å². The fourth-order valence-electron chi connectivity index (χ4n) is 5.86. The fourth-order valence-corrected chi connectivity index (χ4v) is 6.59. The summed E-state index contributed by atoms with van der Waals surface area (Å²) in [6.07, 6.45) is 1.71. The number of nitrogen functional groups attached to an aromatic ring is 1. The highest BCUT2D eigenvalue weighted by Crippen LogP contribution is 2.42. The number of thioether (sulfide) groups is 1. The first kappa shape index (κ1) is 35.5. The molecule has 0 fully saturated rings. The standard InChI is InChI=1S/C38H31N7O8S/c39-38-44-35-34(41-19-42-35)36(45-38)52-17-21-3-1-20(2-4-21)16-40-31(48)11-12-54-18-32(49)43-22-5-8-25(28(13-22)37(50)51)33-26-9-6-23(46)14-29(26)53-30-15-24(47)7-10-27(30)33/h1-10,13-15,19,46H,11-12,16-18H2,(H,40,48)(H,43,49)(H,50,51)(H3,39,41,42,44,45)/p+1. The van der Waals surface area contributed by atoms with E-state index < -0.39 is 5.97 Å². The number of nitrogens with two attached hydrogens (primary N) is 1. The number of aromatic carboxylic acids is 1. The molecule has 0 saturated carbocycles. The lowest BCUT2D eigenvalue weighted by atomic mass is 9.90. The smallest absolute Gasteiger partial charge is 0.392 e. The number of imidazole rings is 1. The van der Waals surface area contributed by atoms with E-state index in [1.807, 2.05) is 24.3 Å². The summed E-state index contributed by atoms with van der Waals surface area (Å²) in [6, 6.07) is 20.8. The predicted octanol–water partition coefficient (Wildman–Crippen LogP) is 4.59. The molecule has 272 valence electrons. The van der Waals surface area contributed by atoms with E-state index in [4.69, 9.17) is 14.9 Å². The number of fused-ring (bicyclic) bond motifs is 3. The molecule has 54 heavy (non-hydrogen) atoms. The molecule has 8 N–H and O–H groups in total. The average molecular weight is 747 g/mol. The molecule has 1 aliphatic carbocycles. The lowest BCUT2D eigenvalue weighted by Crippen LogP contribution is -2.23. The number of H-pyrrole nitrogens is 2. The second-order valence-corrected chi connectivity index (χ2v) is 13.3. The SMILES string of the molecule is Nc1nc2nc[nH]c2c(OCc2ccc(CNC(=O)CCSCC(=O)Nc3ccc(-c4c5ccc(=O)cc-5oc5cc(O)ccc45)c(C(=O)O)c3)cc2)[nH+]1. The summed E-state index contributed by atoms with van der Waals surface area (Å²) in [4.78, 5) is 63.8. The Morgan fingerprint density at radius 2 is 1.76 bits per heavy atom. The first-order chi connectivity index (χ1) is 26.1. The van der Waals surface area contributed by atoms with Gasteiger partial charge in [0.25, 0.3) is 11.5 Å². The second-order valence-electron chi connectivity index (χ2n) is 12.2. The molecular formula is C38H32N7O8S+. The van der Waals surface area contributed by atoms with Gasteiger partial charge in [0.2, 0.25) is 11.8 Å². The van der Waals surface area contributed by atoms with Crippen LogP contribution in [0.2, 0.25) is 0 Å². The van der Waals surface area contributed by atoms with Crippen molar-refractivity contribution in [2.45, 2.75) is 19.6 Å². The normalized spacial score (nSPS) is 11.2. The number of carboxylic acid groups (broad SMARTS) is 1. The number of aromatic amines is 2. The zero-order chi connectivity index (χ0) is 37.8. The number of phenolic OH excluding ortho intramolecular Hbond substituents is 1. The molecule has 3 heterocycles. The van der Waals surface area contributed by atoms with Crippen LogP contribution in [-0.2, 0) is 22.7 Å². The number of nitrogens with one attached hydrogen (secondary N) is 4. The van der Waals surface area contributed by atoms with Crippen molar-refractivity contribution >= 4 is 63.3 Å². The summed E-state index contributed by atoms with van der Waals surface area (Å²) in [5.41, 5.74) is 10.2. The summed E-state index contributed by atoms with van der Waals surface area (Å²) in [7, 11) is 0. The average Bonchev–Trinajstić information content (AvgIpc) is 3.63. The van der Waals surface area contributed by atoms with E-state index in [1.54, 1.807) is 24.3 Å². The molecule has 2 amide bonds. The number of carbonyl (C=O) groups is 3. The van der Waals surface area contributed by atoms with Crippen LogP contribution in [0.4, 0.5) is 11.6 Å². The van der Waals surface area contributed by atoms with Crippen LogP contribution in [0.25, 0.3) is 44.6 Å². The molecule has 0 unspecified atom stereocenters. The fraction of sp³-hybridized carbons (Fsp3) is 0.132. The summed E-state index contributed by atoms with van der Waals surface area (Å²) < 4.78 is 11.7. The van der Waals surface area contributed by atoms with Crippen LogP contribution >= 0.6 is 11.8 Å². The van der Waals surface area contributed by atoms with E-state index in [2.05, 4.69) is 30.6 Å². The lowest BCUT2D eigenvalue weighted by molar-refractivity contribution is -0.380. The number of rotatable bonds is 13. The van der Waals surface area contributed by atoms with Gasteiger partial charge in [0, 0.05) is 53.1 Å². The molecule has 16 heteroatoms. The largest absolute Gasteiger partial charge is 0.508 e. The Bertz CT molecular complexity index is 2570. The van der Waals surface area contributed by atoms with E-state index in [9.17, 15) is 29.4 Å². The van der Waals surface area contributed by atoms with Crippen LogP contribution in [0.1, 0.15) is 27.9 Å². The minimum Gasteiger partial charge on any atom is -0.508 e. The molecule has 7 rings (SSSR count). The molecule has 15 nitrogen and oxygen atoms in total. The van der Waals surface area contributed by atoms with Gasteiger partial charge in [-0.3, -0.25) is 20.1 Å². The van der Waals surface area contributed by atoms with E-state index in [1.165, 1.54) is 48.4 Å². The molecule has 5 aromatic rings. The number of hydrogen-bond acceptors (Lipinski definition) is 11. The van der Waals surface area contributed by atoms with Crippen molar-refractivity contribution < 1.29 is 38.7 Å². The number of anilines is 2. The van der Waals surface area contributed by atoms with Gasteiger partial charge in [0.05, 0.1) is 17.6 Å². The van der Waals surface area contributed by atoms with E-state index in [0.29, 0.717) is 51.4 Å².